The number of esters is 2. The van der Waals surface area contributed by atoms with Crippen LogP contribution in [0.4, 0.5) is 0 Å². The molecule has 1 aliphatic rings. The summed E-state index contributed by atoms with van der Waals surface area (Å²) in [7, 11) is -0.186. The van der Waals surface area contributed by atoms with Gasteiger partial charge in [0.1, 0.15) is 5.75 Å². The summed E-state index contributed by atoms with van der Waals surface area (Å²) >= 11 is 0. The molecule has 1 aliphatic carbocycles. The van der Waals surface area contributed by atoms with E-state index in [-0.39, 0.29) is 0 Å². The van der Waals surface area contributed by atoms with Gasteiger partial charge in [-0.1, -0.05) is 17.4 Å². The minimum Gasteiger partial charge on any atom is -0.497 e. The number of carbonyl (C=O) groups excluding carboxylic acids is 2. The topological polar surface area (TPSA) is 83.5 Å². The van der Waals surface area contributed by atoms with Crippen molar-refractivity contribution in [3.8, 4) is 5.75 Å². The summed E-state index contributed by atoms with van der Waals surface area (Å²) in [5, 5.41) is 1.39. The van der Waals surface area contributed by atoms with Crippen LogP contribution in [-0.4, -0.2) is 61.2 Å². The molecule has 10 heteroatoms. The highest BCUT2D eigenvalue weighted by atomic mass is 28.4. The summed E-state index contributed by atoms with van der Waals surface area (Å²) in [6.07, 6.45) is 0. The highest BCUT2D eigenvalue weighted by Crippen LogP contribution is 2.64. The summed E-state index contributed by atoms with van der Waals surface area (Å²) in [6.45, 7) is 12.1. The molecule has 0 saturated heterocycles. The fourth-order valence-electron chi connectivity index (χ4n) is 3.50. The first-order valence-electron chi connectivity index (χ1n) is 9.80. The Morgan fingerprint density at radius 2 is 1.27 bits per heavy atom. The molecule has 0 amide bonds. The SMILES string of the molecule is COC(=O)C1(C(=O)OC)[C@H](c2ccc(OC)cc2)[C@H]1N(O[Si](C)(C)C)O[Si](C)(C)C. The first-order chi connectivity index (χ1) is 13.8. The normalized spacial score (nSPS) is 20.6. The standard InChI is InChI=1S/C20H33NO7Si2/c1-24-15-12-10-14(11-13-15)16-17(20(16,18(22)25-2)19(23)26-3)21(27-29(4,5)6)28-30(7,8)9/h10-13,16-17H,1-9H3/t16-,17-/m1/s1. The van der Waals surface area contributed by atoms with Crippen LogP contribution in [0.15, 0.2) is 24.3 Å². The number of hydroxylamine groups is 2. The molecule has 2 atom stereocenters. The van der Waals surface area contributed by atoms with Crippen LogP contribution in [0.5, 0.6) is 5.75 Å². The van der Waals surface area contributed by atoms with Gasteiger partial charge in [0.15, 0.2) is 5.41 Å². The lowest BCUT2D eigenvalue weighted by atomic mass is 9.99. The minimum absolute atomic E-state index is 0.559. The van der Waals surface area contributed by atoms with Crippen LogP contribution in [0.2, 0.25) is 39.3 Å². The quantitative estimate of drug-likeness (QED) is 0.243. The van der Waals surface area contributed by atoms with Crippen LogP contribution in [0.25, 0.3) is 0 Å². The molecule has 0 bridgehead atoms. The Bertz CT molecular complexity index is 739. The van der Waals surface area contributed by atoms with Crippen LogP contribution in [-0.2, 0) is 28.1 Å². The maximum Gasteiger partial charge on any atom is 0.325 e. The van der Waals surface area contributed by atoms with Crippen molar-refractivity contribution in [3.63, 3.8) is 0 Å². The van der Waals surface area contributed by atoms with Crippen LogP contribution < -0.4 is 4.74 Å². The van der Waals surface area contributed by atoms with Gasteiger partial charge in [-0.05, 0) is 57.0 Å². The molecule has 168 valence electrons. The molecule has 0 radical (unpaired) electrons. The molecular formula is C20H33NO7Si2. The predicted molar refractivity (Wildman–Crippen MR) is 117 cm³/mol. The highest BCUT2D eigenvalue weighted by molar-refractivity contribution is 6.70. The Labute approximate surface area is 180 Å². The van der Waals surface area contributed by atoms with Crippen LogP contribution in [0.1, 0.15) is 11.5 Å². The van der Waals surface area contributed by atoms with E-state index in [1.165, 1.54) is 19.4 Å². The molecule has 0 unspecified atom stereocenters. The summed E-state index contributed by atoms with van der Waals surface area (Å²) in [4.78, 5) is 26.0. The fourth-order valence-corrected chi connectivity index (χ4v) is 4.96. The number of benzene rings is 1. The Hall–Kier alpha value is -1.73. The van der Waals surface area contributed by atoms with Gasteiger partial charge in [-0.15, -0.1) is 0 Å². The lowest BCUT2D eigenvalue weighted by Crippen LogP contribution is -2.48. The first-order valence-corrected chi connectivity index (χ1v) is 16.6. The Morgan fingerprint density at radius 3 is 1.60 bits per heavy atom. The van der Waals surface area contributed by atoms with Crippen molar-refractivity contribution in [2.45, 2.75) is 51.2 Å². The van der Waals surface area contributed by atoms with E-state index < -0.39 is 45.9 Å². The van der Waals surface area contributed by atoms with Gasteiger partial charge >= 0.3 is 11.9 Å². The summed E-state index contributed by atoms with van der Waals surface area (Å²) in [5.74, 6) is -1.24. The van der Waals surface area contributed by atoms with Gasteiger partial charge in [-0.3, -0.25) is 9.59 Å². The average Bonchev–Trinajstić information content (AvgIpc) is 3.35. The van der Waals surface area contributed by atoms with Crippen molar-refractivity contribution in [2.24, 2.45) is 5.41 Å². The van der Waals surface area contributed by atoms with E-state index in [0.717, 1.165) is 5.56 Å². The fraction of sp³-hybridized carbons (Fsp3) is 0.600. The molecule has 8 nitrogen and oxygen atoms in total. The second-order valence-corrected chi connectivity index (χ2v) is 18.1. The van der Waals surface area contributed by atoms with Crippen molar-refractivity contribution in [1.29, 1.82) is 0 Å². The molecule has 0 heterocycles. The lowest BCUT2D eigenvalue weighted by Gasteiger charge is -2.34. The summed E-state index contributed by atoms with van der Waals surface area (Å²) < 4.78 is 27.8. The van der Waals surface area contributed by atoms with Gasteiger partial charge < -0.3 is 23.3 Å². The number of nitrogens with zero attached hydrogens (tertiary/aromatic N) is 1. The molecule has 2 rings (SSSR count). The summed E-state index contributed by atoms with van der Waals surface area (Å²) in [6, 6.07) is 6.50. The van der Waals surface area contributed by atoms with Crippen LogP contribution >= 0.6 is 0 Å². The second kappa shape index (κ2) is 8.79. The number of carbonyl (C=O) groups is 2. The third-order valence-corrected chi connectivity index (χ3v) is 6.10. The Morgan fingerprint density at radius 1 is 0.833 bits per heavy atom. The van der Waals surface area contributed by atoms with Gasteiger partial charge in [0.2, 0.25) is 16.6 Å². The van der Waals surface area contributed by atoms with Gasteiger partial charge in [-0.25, -0.2) is 0 Å². The number of rotatable bonds is 9. The number of hydrogen-bond donors (Lipinski definition) is 0. The van der Waals surface area contributed by atoms with E-state index in [0.29, 0.717) is 5.75 Å². The van der Waals surface area contributed by atoms with E-state index in [1.807, 2.05) is 51.4 Å². The molecule has 1 aromatic rings. The monoisotopic (exact) mass is 455 g/mol. The number of ether oxygens (including phenoxy) is 3. The third kappa shape index (κ3) is 4.94. The number of methoxy groups -OCH3 is 3. The zero-order chi connectivity index (χ0) is 22.9. The molecular weight excluding hydrogens is 422 g/mol. The van der Waals surface area contributed by atoms with Crippen LogP contribution in [0, 0.1) is 5.41 Å². The second-order valence-electron chi connectivity index (χ2n) is 9.24. The smallest absolute Gasteiger partial charge is 0.325 e. The molecule has 0 aromatic heterocycles. The van der Waals surface area contributed by atoms with Gasteiger partial charge in [0.05, 0.1) is 27.4 Å². The zero-order valence-electron chi connectivity index (χ0n) is 19.3. The summed E-state index contributed by atoms with van der Waals surface area (Å²) in [5.41, 5.74) is -0.822. The Kier molecular flexibility index (Phi) is 7.19. The number of hydrogen-bond acceptors (Lipinski definition) is 8. The van der Waals surface area contributed by atoms with Gasteiger partial charge in [-0.2, -0.15) is 0 Å². The highest BCUT2D eigenvalue weighted by Gasteiger charge is 2.80. The van der Waals surface area contributed by atoms with E-state index >= 15 is 0 Å². The van der Waals surface area contributed by atoms with E-state index in [4.69, 9.17) is 23.3 Å². The maximum atomic E-state index is 13.0. The predicted octanol–water partition coefficient (Wildman–Crippen LogP) is 3.33. The average molecular weight is 456 g/mol. The third-order valence-electron chi connectivity index (χ3n) is 4.64. The van der Waals surface area contributed by atoms with E-state index in [2.05, 4.69) is 0 Å². The van der Waals surface area contributed by atoms with E-state index in [1.54, 1.807) is 19.2 Å². The largest absolute Gasteiger partial charge is 0.497 e. The molecule has 0 N–H and O–H groups in total. The molecule has 1 fully saturated rings. The van der Waals surface area contributed by atoms with Crippen LogP contribution in [0.3, 0.4) is 0 Å². The Balaban J connectivity index is 2.61. The minimum atomic E-state index is -2.14. The zero-order valence-corrected chi connectivity index (χ0v) is 21.3. The molecule has 30 heavy (non-hydrogen) atoms. The van der Waals surface area contributed by atoms with Gasteiger partial charge in [0.25, 0.3) is 0 Å². The molecule has 0 spiro atoms. The molecule has 1 saturated carbocycles. The molecule has 1 aromatic carbocycles. The van der Waals surface area contributed by atoms with Crippen molar-refractivity contribution in [3.05, 3.63) is 29.8 Å². The van der Waals surface area contributed by atoms with Gasteiger partial charge in [0, 0.05) is 5.92 Å². The van der Waals surface area contributed by atoms with Crippen molar-refractivity contribution in [1.82, 2.24) is 5.23 Å². The van der Waals surface area contributed by atoms with E-state index in [9.17, 15) is 9.59 Å². The van der Waals surface area contributed by atoms with Crippen molar-refractivity contribution < 1.29 is 32.9 Å². The van der Waals surface area contributed by atoms with Crippen molar-refractivity contribution in [2.75, 3.05) is 21.3 Å². The molecule has 0 aliphatic heterocycles. The first kappa shape index (κ1) is 24.5. The maximum absolute atomic E-state index is 13.0. The van der Waals surface area contributed by atoms with Crippen molar-refractivity contribution >= 4 is 28.6 Å². The lowest BCUT2D eigenvalue weighted by molar-refractivity contribution is -0.285.